The Kier molecular flexibility index (Phi) is 4.95. The van der Waals surface area contributed by atoms with Gasteiger partial charge < -0.3 is 15.1 Å². The summed E-state index contributed by atoms with van der Waals surface area (Å²) in [5.74, 6) is 0. The van der Waals surface area contributed by atoms with Gasteiger partial charge in [-0.05, 0) is 55.3 Å². The second-order valence-corrected chi connectivity index (χ2v) is 6.62. The van der Waals surface area contributed by atoms with Gasteiger partial charge in [0.1, 0.15) is 0 Å². The number of nitrogens with one attached hydrogen (secondary N) is 1. The zero-order chi connectivity index (χ0) is 17.1. The third-order valence-electron chi connectivity index (χ3n) is 4.50. The number of amides is 2. The number of rotatable bonds is 2. The highest BCUT2D eigenvalue weighted by Gasteiger charge is 2.21. The molecule has 0 saturated carbocycles. The highest BCUT2D eigenvalue weighted by atomic mass is 35.5. The maximum Gasteiger partial charge on any atom is 0.321 e. The standard InChI is InChI=1S/C19H22ClN3O/c1-14-6-7-18(12-15(14)2)22-8-10-23(11-9-22)19(24)21-17-5-3-4-16(20)13-17/h3-7,12-13H,8-11H2,1-2H3,(H,21,24). The van der Waals surface area contributed by atoms with Crippen LogP contribution in [-0.4, -0.2) is 37.1 Å². The van der Waals surface area contributed by atoms with Gasteiger partial charge in [0.25, 0.3) is 0 Å². The van der Waals surface area contributed by atoms with Gasteiger partial charge in [0, 0.05) is 42.6 Å². The van der Waals surface area contributed by atoms with Crippen LogP contribution in [0.4, 0.5) is 16.2 Å². The molecule has 1 saturated heterocycles. The maximum absolute atomic E-state index is 12.4. The zero-order valence-corrected chi connectivity index (χ0v) is 14.8. The van der Waals surface area contributed by atoms with E-state index in [0.717, 1.165) is 18.8 Å². The summed E-state index contributed by atoms with van der Waals surface area (Å²) in [4.78, 5) is 16.5. The molecule has 0 spiro atoms. The fraction of sp³-hybridized carbons (Fsp3) is 0.316. The summed E-state index contributed by atoms with van der Waals surface area (Å²) in [6.07, 6.45) is 0. The van der Waals surface area contributed by atoms with Crippen LogP contribution in [0.3, 0.4) is 0 Å². The van der Waals surface area contributed by atoms with Crippen LogP contribution in [0.1, 0.15) is 11.1 Å². The number of anilines is 2. The number of urea groups is 1. The van der Waals surface area contributed by atoms with Crippen LogP contribution in [0.15, 0.2) is 42.5 Å². The Labute approximate surface area is 148 Å². The average molecular weight is 344 g/mol. The number of piperazine rings is 1. The van der Waals surface area contributed by atoms with Crippen molar-refractivity contribution in [3.63, 3.8) is 0 Å². The van der Waals surface area contributed by atoms with Crippen LogP contribution in [-0.2, 0) is 0 Å². The molecule has 5 heteroatoms. The first-order chi connectivity index (χ1) is 11.5. The van der Waals surface area contributed by atoms with E-state index in [1.807, 2.05) is 17.0 Å². The van der Waals surface area contributed by atoms with Gasteiger partial charge >= 0.3 is 6.03 Å². The number of carbonyl (C=O) groups excluding carboxylic acids is 1. The molecule has 2 amide bonds. The Morgan fingerprint density at radius 1 is 1.00 bits per heavy atom. The number of halogens is 1. The van der Waals surface area contributed by atoms with Crippen LogP contribution < -0.4 is 10.2 Å². The van der Waals surface area contributed by atoms with Gasteiger partial charge in [0.05, 0.1) is 0 Å². The number of hydrogen-bond acceptors (Lipinski definition) is 2. The van der Waals surface area contributed by atoms with E-state index in [2.05, 4.69) is 42.3 Å². The predicted molar refractivity (Wildman–Crippen MR) is 100 cm³/mol. The van der Waals surface area contributed by atoms with Crippen LogP contribution >= 0.6 is 11.6 Å². The Balaban J connectivity index is 1.58. The fourth-order valence-electron chi connectivity index (χ4n) is 2.86. The summed E-state index contributed by atoms with van der Waals surface area (Å²) in [5, 5.41) is 3.53. The highest BCUT2D eigenvalue weighted by Crippen LogP contribution is 2.21. The van der Waals surface area contributed by atoms with Gasteiger partial charge in [-0.2, -0.15) is 0 Å². The fourth-order valence-corrected chi connectivity index (χ4v) is 3.05. The molecule has 1 N–H and O–H groups in total. The van der Waals surface area contributed by atoms with Crippen molar-refractivity contribution < 1.29 is 4.79 Å². The molecule has 1 heterocycles. The third-order valence-corrected chi connectivity index (χ3v) is 4.73. The van der Waals surface area contributed by atoms with Crippen molar-refractivity contribution in [3.8, 4) is 0 Å². The van der Waals surface area contributed by atoms with E-state index in [1.54, 1.807) is 12.1 Å². The lowest BCUT2D eigenvalue weighted by Crippen LogP contribution is -2.50. The SMILES string of the molecule is Cc1ccc(N2CCN(C(=O)Nc3cccc(Cl)c3)CC2)cc1C. The molecule has 2 aromatic carbocycles. The van der Waals surface area contributed by atoms with E-state index in [-0.39, 0.29) is 6.03 Å². The Bertz CT molecular complexity index is 739. The Morgan fingerprint density at radius 2 is 1.75 bits per heavy atom. The van der Waals surface area contributed by atoms with Crippen LogP contribution in [0.25, 0.3) is 0 Å². The molecule has 0 bridgehead atoms. The molecule has 4 nitrogen and oxygen atoms in total. The molecule has 1 fully saturated rings. The third kappa shape index (κ3) is 3.82. The lowest BCUT2D eigenvalue weighted by atomic mass is 10.1. The molecule has 2 aromatic rings. The number of nitrogens with zero attached hydrogens (tertiary/aromatic N) is 2. The largest absolute Gasteiger partial charge is 0.368 e. The molecule has 0 radical (unpaired) electrons. The van der Waals surface area contributed by atoms with E-state index in [4.69, 9.17) is 11.6 Å². The van der Waals surface area contributed by atoms with Crippen molar-refractivity contribution in [1.29, 1.82) is 0 Å². The van der Waals surface area contributed by atoms with E-state index < -0.39 is 0 Å². The van der Waals surface area contributed by atoms with Crippen LogP contribution in [0, 0.1) is 13.8 Å². The second-order valence-electron chi connectivity index (χ2n) is 6.18. The first-order valence-electron chi connectivity index (χ1n) is 8.16. The summed E-state index contributed by atoms with van der Waals surface area (Å²) in [6.45, 7) is 7.35. The van der Waals surface area contributed by atoms with Gasteiger partial charge in [-0.15, -0.1) is 0 Å². The van der Waals surface area contributed by atoms with Crippen LogP contribution in [0.2, 0.25) is 5.02 Å². The van der Waals surface area contributed by atoms with Gasteiger partial charge in [-0.3, -0.25) is 0 Å². The molecular formula is C19H22ClN3O. The molecule has 24 heavy (non-hydrogen) atoms. The van der Waals surface area contributed by atoms with Crippen molar-refractivity contribution in [2.24, 2.45) is 0 Å². The molecule has 0 aromatic heterocycles. The molecule has 0 unspecified atom stereocenters. The predicted octanol–water partition coefficient (Wildman–Crippen LogP) is 4.31. The van der Waals surface area contributed by atoms with Gasteiger partial charge in [0.2, 0.25) is 0 Å². The maximum atomic E-state index is 12.4. The Morgan fingerprint density at radius 3 is 2.42 bits per heavy atom. The van der Waals surface area contributed by atoms with Crippen LogP contribution in [0.5, 0.6) is 0 Å². The molecule has 0 atom stereocenters. The summed E-state index contributed by atoms with van der Waals surface area (Å²) < 4.78 is 0. The summed E-state index contributed by atoms with van der Waals surface area (Å²) >= 11 is 5.95. The second kappa shape index (κ2) is 7.14. The highest BCUT2D eigenvalue weighted by molar-refractivity contribution is 6.30. The molecule has 3 rings (SSSR count). The quantitative estimate of drug-likeness (QED) is 0.881. The lowest BCUT2D eigenvalue weighted by molar-refractivity contribution is 0.208. The average Bonchev–Trinajstić information content (AvgIpc) is 2.57. The number of carbonyl (C=O) groups is 1. The molecule has 1 aliphatic heterocycles. The van der Waals surface area contributed by atoms with Crippen molar-refractivity contribution in [2.75, 3.05) is 36.4 Å². The lowest BCUT2D eigenvalue weighted by Gasteiger charge is -2.36. The first kappa shape index (κ1) is 16.7. The summed E-state index contributed by atoms with van der Waals surface area (Å²) in [6, 6.07) is 13.7. The van der Waals surface area contributed by atoms with Gasteiger partial charge in [0.15, 0.2) is 0 Å². The summed E-state index contributed by atoms with van der Waals surface area (Å²) in [7, 11) is 0. The number of aryl methyl sites for hydroxylation is 2. The normalized spacial score (nSPS) is 14.6. The number of benzene rings is 2. The van der Waals surface area contributed by atoms with Gasteiger partial charge in [-0.25, -0.2) is 4.79 Å². The summed E-state index contributed by atoms with van der Waals surface area (Å²) in [5.41, 5.74) is 4.56. The van der Waals surface area contributed by atoms with E-state index in [0.29, 0.717) is 18.1 Å². The van der Waals surface area contributed by atoms with E-state index in [1.165, 1.54) is 16.8 Å². The molecule has 1 aliphatic rings. The van der Waals surface area contributed by atoms with Crippen molar-refractivity contribution in [2.45, 2.75) is 13.8 Å². The first-order valence-corrected chi connectivity index (χ1v) is 8.54. The van der Waals surface area contributed by atoms with E-state index in [9.17, 15) is 4.79 Å². The minimum atomic E-state index is -0.0722. The zero-order valence-electron chi connectivity index (χ0n) is 14.1. The molecular weight excluding hydrogens is 322 g/mol. The minimum absolute atomic E-state index is 0.0722. The van der Waals surface area contributed by atoms with Crippen molar-refractivity contribution >= 4 is 29.0 Å². The van der Waals surface area contributed by atoms with Crippen molar-refractivity contribution in [3.05, 3.63) is 58.6 Å². The smallest absolute Gasteiger partial charge is 0.321 e. The van der Waals surface area contributed by atoms with Crippen molar-refractivity contribution in [1.82, 2.24) is 4.90 Å². The van der Waals surface area contributed by atoms with E-state index >= 15 is 0 Å². The molecule has 126 valence electrons. The number of hydrogen-bond donors (Lipinski definition) is 1. The molecule has 0 aliphatic carbocycles. The minimum Gasteiger partial charge on any atom is -0.368 e. The monoisotopic (exact) mass is 343 g/mol. The topological polar surface area (TPSA) is 35.6 Å². The van der Waals surface area contributed by atoms with Gasteiger partial charge in [-0.1, -0.05) is 23.7 Å². The Hall–Kier alpha value is -2.20.